The van der Waals surface area contributed by atoms with E-state index in [4.69, 9.17) is 21.2 Å². The summed E-state index contributed by atoms with van der Waals surface area (Å²) in [5, 5.41) is 29.0. The van der Waals surface area contributed by atoms with Gasteiger partial charge in [0.15, 0.2) is 5.84 Å². The third-order valence-electron chi connectivity index (χ3n) is 1.76. The Balaban J connectivity index is 2.58. The molecule has 0 fully saturated rings. The molecule has 1 unspecified atom stereocenters. The van der Waals surface area contributed by atoms with Gasteiger partial charge in [-0.25, -0.2) is 0 Å². The molecule has 88 valence electrons. The van der Waals surface area contributed by atoms with Crippen LogP contribution >= 0.6 is 11.8 Å². The quantitative estimate of drug-likeness (QED) is 0.184. The summed E-state index contributed by atoms with van der Waals surface area (Å²) in [7, 11) is 0. The summed E-state index contributed by atoms with van der Waals surface area (Å²) in [4.78, 5) is 4.81. The maximum absolute atomic E-state index is 9.14. The SMILES string of the molecule is N/C(=N/O)c1ccc(SCC(O)CO)cn1. The Hall–Kier alpha value is -1.31. The van der Waals surface area contributed by atoms with E-state index in [0.717, 1.165) is 4.90 Å². The number of pyridine rings is 1. The first-order valence-corrected chi connectivity index (χ1v) is 5.51. The van der Waals surface area contributed by atoms with Crippen LogP contribution in [0.1, 0.15) is 5.69 Å². The van der Waals surface area contributed by atoms with Crippen molar-refractivity contribution in [3.63, 3.8) is 0 Å². The van der Waals surface area contributed by atoms with Gasteiger partial charge in [-0.1, -0.05) is 5.16 Å². The lowest BCUT2D eigenvalue weighted by atomic mass is 10.3. The van der Waals surface area contributed by atoms with Crippen molar-refractivity contribution in [1.82, 2.24) is 4.98 Å². The number of nitrogens with zero attached hydrogens (tertiary/aromatic N) is 2. The number of hydrogen-bond donors (Lipinski definition) is 4. The Morgan fingerprint density at radius 3 is 2.81 bits per heavy atom. The Morgan fingerprint density at radius 2 is 2.31 bits per heavy atom. The van der Waals surface area contributed by atoms with Crippen molar-refractivity contribution < 1.29 is 15.4 Å². The number of aliphatic hydroxyl groups excluding tert-OH is 2. The second kappa shape index (κ2) is 6.31. The minimum Gasteiger partial charge on any atom is -0.409 e. The van der Waals surface area contributed by atoms with Gasteiger partial charge in [0.05, 0.1) is 12.7 Å². The molecule has 0 aliphatic carbocycles. The first-order valence-electron chi connectivity index (χ1n) is 4.53. The minimum atomic E-state index is -0.742. The van der Waals surface area contributed by atoms with Crippen molar-refractivity contribution in [3.8, 4) is 0 Å². The monoisotopic (exact) mass is 243 g/mol. The maximum atomic E-state index is 9.14. The van der Waals surface area contributed by atoms with Crippen molar-refractivity contribution in [2.24, 2.45) is 10.9 Å². The van der Waals surface area contributed by atoms with Gasteiger partial charge in [0.2, 0.25) is 0 Å². The number of thioether (sulfide) groups is 1. The van der Waals surface area contributed by atoms with Crippen LogP contribution in [0.5, 0.6) is 0 Å². The molecule has 16 heavy (non-hydrogen) atoms. The molecule has 0 aliphatic heterocycles. The summed E-state index contributed by atoms with van der Waals surface area (Å²) in [6, 6.07) is 3.36. The zero-order valence-electron chi connectivity index (χ0n) is 8.45. The largest absolute Gasteiger partial charge is 0.409 e. The molecule has 0 saturated carbocycles. The van der Waals surface area contributed by atoms with E-state index in [9.17, 15) is 0 Å². The number of aliphatic hydroxyl groups is 2. The van der Waals surface area contributed by atoms with E-state index in [1.54, 1.807) is 18.3 Å². The van der Waals surface area contributed by atoms with Crippen LogP contribution in [-0.4, -0.2) is 44.7 Å². The second-order valence-corrected chi connectivity index (χ2v) is 4.11. The first kappa shape index (κ1) is 12.8. The van der Waals surface area contributed by atoms with Gasteiger partial charge in [0.1, 0.15) is 5.69 Å². The van der Waals surface area contributed by atoms with E-state index in [2.05, 4.69) is 10.1 Å². The zero-order chi connectivity index (χ0) is 12.0. The van der Waals surface area contributed by atoms with Crippen molar-refractivity contribution in [2.45, 2.75) is 11.0 Å². The summed E-state index contributed by atoms with van der Waals surface area (Å²) in [6.07, 6.45) is 0.816. The Bertz CT molecular complexity index is 356. The highest BCUT2D eigenvalue weighted by Gasteiger charge is 2.04. The fourth-order valence-electron chi connectivity index (χ4n) is 0.914. The lowest BCUT2D eigenvalue weighted by Crippen LogP contribution is -2.15. The molecule has 0 aliphatic rings. The normalized spacial score (nSPS) is 13.8. The summed E-state index contributed by atoms with van der Waals surface area (Å²) < 4.78 is 0. The molecule has 1 heterocycles. The summed E-state index contributed by atoms with van der Waals surface area (Å²) >= 11 is 1.37. The van der Waals surface area contributed by atoms with E-state index in [1.807, 2.05) is 0 Å². The highest BCUT2D eigenvalue weighted by Crippen LogP contribution is 2.17. The van der Waals surface area contributed by atoms with Gasteiger partial charge in [-0.2, -0.15) is 0 Å². The van der Waals surface area contributed by atoms with Crippen molar-refractivity contribution >= 4 is 17.6 Å². The number of nitrogens with two attached hydrogens (primary N) is 1. The van der Waals surface area contributed by atoms with Gasteiger partial charge < -0.3 is 21.2 Å². The number of oxime groups is 1. The number of rotatable bonds is 5. The van der Waals surface area contributed by atoms with Gasteiger partial charge in [-0.3, -0.25) is 4.98 Å². The average molecular weight is 243 g/mol. The molecule has 0 spiro atoms. The standard InChI is InChI=1S/C9H13N3O3S/c10-9(12-15)8-2-1-7(3-11-8)16-5-6(14)4-13/h1-3,6,13-15H,4-5H2,(H2,10,12). The van der Waals surface area contributed by atoms with Crippen LogP contribution in [0.2, 0.25) is 0 Å². The molecule has 0 amide bonds. The number of hydrogen-bond acceptors (Lipinski definition) is 6. The van der Waals surface area contributed by atoms with Crippen LogP contribution in [0, 0.1) is 0 Å². The summed E-state index contributed by atoms with van der Waals surface area (Å²) in [6.45, 7) is -0.261. The Morgan fingerprint density at radius 1 is 1.56 bits per heavy atom. The lowest BCUT2D eigenvalue weighted by Gasteiger charge is -2.06. The second-order valence-electron chi connectivity index (χ2n) is 3.01. The van der Waals surface area contributed by atoms with Crippen LogP contribution in [0.25, 0.3) is 0 Å². The van der Waals surface area contributed by atoms with Gasteiger partial charge >= 0.3 is 0 Å². The van der Waals surface area contributed by atoms with E-state index in [1.165, 1.54) is 11.8 Å². The van der Waals surface area contributed by atoms with Crippen LogP contribution in [-0.2, 0) is 0 Å². The smallest absolute Gasteiger partial charge is 0.188 e. The maximum Gasteiger partial charge on any atom is 0.188 e. The highest BCUT2D eigenvalue weighted by molar-refractivity contribution is 7.99. The Labute approximate surface area is 96.8 Å². The van der Waals surface area contributed by atoms with Crippen LogP contribution in [0.4, 0.5) is 0 Å². The molecule has 1 rings (SSSR count). The van der Waals surface area contributed by atoms with Crippen LogP contribution in [0.3, 0.4) is 0 Å². The topological polar surface area (TPSA) is 112 Å². The molecule has 1 aromatic heterocycles. The summed E-state index contributed by atoms with van der Waals surface area (Å²) in [5.41, 5.74) is 5.73. The molecular weight excluding hydrogens is 230 g/mol. The molecule has 5 N–H and O–H groups in total. The number of aromatic nitrogens is 1. The first-order chi connectivity index (χ1) is 7.67. The third-order valence-corrected chi connectivity index (χ3v) is 2.89. The van der Waals surface area contributed by atoms with E-state index < -0.39 is 6.10 Å². The molecule has 7 heteroatoms. The fourth-order valence-corrected chi connectivity index (χ4v) is 1.70. The van der Waals surface area contributed by atoms with E-state index >= 15 is 0 Å². The Kier molecular flexibility index (Phi) is 5.03. The zero-order valence-corrected chi connectivity index (χ0v) is 9.26. The van der Waals surface area contributed by atoms with Crippen molar-refractivity contribution in [2.75, 3.05) is 12.4 Å². The number of amidine groups is 1. The van der Waals surface area contributed by atoms with Gasteiger partial charge in [-0.15, -0.1) is 11.8 Å². The molecule has 1 atom stereocenters. The minimum absolute atomic E-state index is 0.0491. The third kappa shape index (κ3) is 3.69. The van der Waals surface area contributed by atoms with E-state index in [0.29, 0.717) is 11.4 Å². The van der Waals surface area contributed by atoms with Crippen molar-refractivity contribution in [3.05, 3.63) is 24.0 Å². The van der Waals surface area contributed by atoms with Gasteiger partial charge in [-0.05, 0) is 12.1 Å². The predicted molar refractivity (Wildman–Crippen MR) is 60.6 cm³/mol. The van der Waals surface area contributed by atoms with Crippen LogP contribution in [0.15, 0.2) is 28.4 Å². The molecule has 0 aromatic carbocycles. The van der Waals surface area contributed by atoms with Gasteiger partial charge in [0.25, 0.3) is 0 Å². The molecule has 0 bridgehead atoms. The molecule has 1 aromatic rings. The summed E-state index contributed by atoms with van der Waals surface area (Å²) in [5.74, 6) is 0.341. The van der Waals surface area contributed by atoms with Crippen LogP contribution < -0.4 is 5.73 Å². The van der Waals surface area contributed by atoms with Gasteiger partial charge in [0, 0.05) is 16.8 Å². The highest BCUT2D eigenvalue weighted by atomic mass is 32.2. The van der Waals surface area contributed by atoms with E-state index in [-0.39, 0.29) is 12.4 Å². The predicted octanol–water partition coefficient (Wildman–Crippen LogP) is -0.379. The van der Waals surface area contributed by atoms with Crippen molar-refractivity contribution in [1.29, 1.82) is 0 Å². The molecule has 0 saturated heterocycles. The lowest BCUT2D eigenvalue weighted by molar-refractivity contribution is 0.113. The average Bonchev–Trinajstić information content (AvgIpc) is 2.35. The molecule has 0 radical (unpaired) electrons. The fraction of sp³-hybridized carbons (Fsp3) is 0.333. The molecule has 6 nitrogen and oxygen atoms in total. The molecular formula is C9H13N3O3S.